The second kappa shape index (κ2) is 10.8. The van der Waals surface area contributed by atoms with Gasteiger partial charge in [0.05, 0.1) is 11.5 Å². The van der Waals surface area contributed by atoms with Gasteiger partial charge < -0.3 is 24.4 Å². The van der Waals surface area contributed by atoms with E-state index in [9.17, 15) is 9.59 Å². The van der Waals surface area contributed by atoms with Gasteiger partial charge in [-0.25, -0.2) is 0 Å². The highest BCUT2D eigenvalue weighted by Gasteiger charge is 2.43. The fourth-order valence-corrected chi connectivity index (χ4v) is 5.20. The van der Waals surface area contributed by atoms with Gasteiger partial charge in [-0.05, 0) is 71.7 Å². The molecular formula is C27H38N4O4. The number of para-hydroxylation sites is 1. The lowest BCUT2D eigenvalue weighted by Gasteiger charge is -2.41. The maximum Gasteiger partial charge on any atom is 0.276 e. The minimum absolute atomic E-state index is 0.0835. The number of amides is 2. The first kappa shape index (κ1) is 25.2. The van der Waals surface area contributed by atoms with Crippen molar-refractivity contribution in [2.75, 3.05) is 33.8 Å². The third-order valence-corrected chi connectivity index (χ3v) is 7.34. The standard InChI is InChI=1S/C27H38N4O4/c1-19-18-34-23-11-6-5-9-21(23)10-7-8-12-27(26(33)28-19)13-15-31(16-14-27)25(32)24-22(17-30(3)4)20(2)35-29-24/h5-6,9,11,19H,7-8,10,12-18H2,1-4H3,(H,28,33)/t19-/m0/s1. The molecule has 1 aromatic carbocycles. The quantitative estimate of drug-likeness (QED) is 0.720. The lowest BCUT2D eigenvalue weighted by Crippen LogP contribution is -2.52. The molecular weight excluding hydrogens is 444 g/mol. The number of hydrogen-bond donors (Lipinski definition) is 1. The number of carbonyl (C=O) groups is 2. The normalized spacial score (nSPS) is 21.0. The van der Waals surface area contributed by atoms with E-state index >= 15 is 0 Å². The Morgan fingerprint density at radius 2 is 1.94 bits per heavy atom. The maximum atomic E-state index is 13.5. The number of aryl methyl sites for hydroxylation is 2. The Bertz CT molecular complexity index is 1040. The molecule has 190 valence electrons. The zero-order valence-corrected chi connectivity index (χ0v) is 21.4. The first-order valence-electron chi connectivity index (χ1n) is 12.7. The summed E-state index contributed by atoms with van der Waals surface area (Å²) < 4.78 is 11.4. The van der Waals surface area contributed by atoms with Crippen LogP contribution in [0.25, 0.3) is 0 Å². The van der Waals surface area contributed by atoms with Crippen LogP contribution < -0.4 is 10.1 Å². The minimum Gasteiger partial charge on any atom is -0.491 e. The molecule has 0 saturated carbocycles. The van der Waals surface area contributed by atoms with Crippen molar-refractivity contribution >= 4 is 11.8 Å². The Hall–Kier alpha value is -2.87. The van der Waals surface area contributed by atoms with Gasteiger partial charge in [0, 0.05) is 25.2 Å². The van der Waals surface area contributed by atoms with Gasteiger partial charge in [0.2, 0.25) is 5.91 Å². The summed E-state index contributed by atoms with van der Waals surface area (Å²) in [5, 5.41) is 7.27. The van der Waals surface area contributed by atoms with Crippen molar-refractivity contribution in [1.82, 2.24) is 20.3 Å². The summed E-state index contributed by atoms with van der Waals surface area (Å²) in [6, 6.07) is 8.07. The Kier molecular flexibility index (Phi) is 7.79. The lowest BCUT2D eigenvalue weighted by atomic mass is 9.73. The molecule has 35 heavy (non-hydrogen) atoms. The van der Waals surface area contributed by atoms with Crippen molar-refractivity contribution in [2.24, 2.45) is 5.41 Å². The smallest absolute Gasteiger partial charge is 0.276 e. The number of fused-ring (bicyclic) bond motifs is 1. The molecule has 8 heteroatoms. The van der Waals surface area contributed by atoms with Gasteiger partial charge in [0.1, 0.15) is 18.1 Å². The SMILES string of the molecule is Cc1onc(C(=O)N2CCC3(CCCCc4ccccc4OC[C@H](C)NC3=O)CC2)c1CN(C)C. The van der Waals surface area contributed by atoms with Crippen molar-refractivity contribution in [3.05, 3.63) is 46.8 Å². The van der Waals surface area contributed by atoms with E-state index in [1.165, 1.54) is 5.56 Å². The van der Waals surface area contributed by atoms with Crippen LogP contribution >= 0.6 is 0 Å². The van der Waals surface area contributed by atoms with Crippen LogP contribution in [0.2, 0.25) is 0 Å². The third kappa shape index (κ3) is 5.69. The zero-order chi connectivity index (χ0) is 25.0. The second-order valence-electron chi connectivity index (χ2n) is 10.4. The molecule has 0 aliphatic carbocycles. The Labute approximate surface area is 208 Å². The molecule has 0 bridgehead atoms. The minimum atomic E-state index is -0.462. The molecule has 4 rings (SSSR count). The monoisotopic (exact) mass is 482 g/mol. The molecule has 8 nitrogen and oxygen atoms in total. The molecule has 1 aromatic heterocycles. The van der Waals surface area contributed by atoms with Gasteiger partial charge in [0.25, 0.3) is 5.91 Å². The van der Waals surface area contributed by atoms with E-state index in [-0.39, 0.29) is 17.9 Å². The number of benzene rings is 1. The highest BCUT2D eigenvalue weighted by Crippen LogP contribution is 2.38. The number of carbonyl (C=O) groups excluding carboxylic acids is 2. The Morgan fingerprint density at radius 3 is 2.69 bits per heavy atom. The largest absolute Gasteiger partial charge is 0.491 e. The summed E-state index contributed by atoms with van der Waals surface area (Å²) in [5.74, 6) is 1.56. The summed E-state index contributed by atoms with van der Waals surface area (Å²) in [7, 11) is 3.91. The molecule has 1 atom stereocenters. The molecule has 2 amide bonds. The fourth-order valence-electron chi connectivity index (χ4n) is 5.20. The fraction of sp³-hybridized carbons (Fsp3) is 0.593. The van der Waals surface area contributed by atoms with Crippen LogP contribution in [-0.2, 0) is 17.8 Å². The summed E-state index contributed by atoms with van der Waals surface area (Å²) in [5.41, 5.74) is 1.98. The molecule has 2 aromatic rings. The van der Waals surface area contributed by atoms with E-state index in [0.717, 1.165) is 37.0 Å². The highest BCUT2D eigenvalue weighted by atomic mass is 16.5. The van der Waals surface area contributed by atoms with E-state index in [4.69, 9.17) is 9.26 Å². The van der Waals surface area contributed by atoms with Crippen LogP contribution in [0.5, 0.6) is 5.75 Å². The van der Waals surface area contributed by atoms with Gasteiger partial charge >= 0.3 is 0 Å². The van der Waals surface area contributed by atoms with Gasteiger partial charge in [-0.2, -0.15) is 0 Å². The number of rotatable bonds is 3. The number of nitrogens with zero attached hydrogens (tertiary/aromatic N) is 3. The van der Waals surface area contributed by atoms with Gasteiger partial charge in [-0.3, -0.25) is 9.59 Å². The number of likely N-dealkylation sites (tertiary alicyclic amines) is 1. The average molecular weight is 483 g/mol. The first-order valence-corrected chi connectivity index (χ1v) is 12.7. The van der Waals surface area contributed by atoms with E-state index < -0.39 is 5.41 Å². The summed E-state index contributed by atoms with van der Waals surface area (Å²) in [6.45, 7) is 5.92. The molecule has 1 N–H and O–H groups in total. The average Bonchev–Trinajstić information content (AvgIpc) is 3.19. The third-order valence-electron chi connectivity index (χ3n) is 7.34. The van der Waals surface area contributed by atoms with Crippen molar-refractivity contribution < 1.29 is 18.8 Å². The second-order valence-corrected chi connectivity index (χ2v) is 10.4. The van der Waals surface area contributed by atoms with Crippen LogP contribution in [0.15, 0.2) is 28.8 Å². The van der Waals surface area contributed by atoms with E-state index in [2.05, 4.69) is 16.5 Å². The van der Waals surface area contributed by atoms with Gasteiger partial charge in [-0.15, -0.1) is 0 Å². The number of nitrogens with one attached hydrogen (secondary N) is 1. The maximum absolute atomic E-state index is 13.5. The summed E-state index contributed by atoms with van der Waals surface area (Å²) in [4.78, 5) is 30.6. The van der Waals surface area contributed by atoms with Crippen molar-refractivity contribution in [3.63, 3.8) is 0 Å². The molecule has 2 aliphatic heterocycles. The lowest BCUT2D eigenvalue weighted by molar-refractivity contribution is -0.135. The van der Waals surface area contributed by atoms with Crippen LogP contribution in [0, 0.1) is 12.3 Å². The number of piperidine rings is 1. The van der Waals surface area contributed by atoms with E-state index in [1.54, 1.807) is 0 Å². The molecule has 1 spiro atoms. The number of aromatic nitrogens is 1. The van der Waals surface area contributed by atoms with Crippen molar-refractivity contribution in [3.8, 4) is 5.75 Å². The highest BCUT2D eigenvalue weighted by molar-refractivity contribution is 5.94. The predicted octanol–water partition coefficient (Wildman–Crippen LogP) is 3.58. The predicted molar refractivity (Wildman–Crippen MR) is 133 cm³/mol. The van der Waals surface area contributed by atoms with E-state index in [0.29, 0.717) is 50.5 Å². The zero-order valence-electron chi connectivity index (χ0n) is 21.4. The molecule has 0 radical (unpaired) electrons. The number of hydrogen-bond acceptors (Lipinski definition) is 6. The molecule has 1 fully saturated rings. The van der Waals surface area contributed by atoms with E-state index in [1.807, 2.05) is 55.9 Å². The Morgan fingerprint density at radius 1 is 1.20 bits per heavy atom. The van der Waals surface area contributed by atoms with Crippen molar-refractivity contribution in [1.29, 1.82) is 0 Å². The van der Waals surface area contributed by atoms with Crippen LogP contribution in [0.4, 0.5) is 0 Å². The molecule has 1 saturated heterocycles. The molecule has 2 aliphatic rings. The molecule has 3 heterocycles. The topological polar surface area (TPSA) is 87.9 Å². The van der Waals surface area contributed by atoms with Crippen LogP contribution in [-0.4, -0.2) is 66.6 Å². The van der Waals surface area contributed by atoms with Gasteiger partial charge in [-0.1, -0.05) is 29.8 Å². The Balaban J connectivity index is 1.45. The van der Waals surface area contributed by atoms with Crippen molar-refractivity contribution in [2.45, 2.75) is 65.0 Å². The van der Waals surface area contributed by atoms with Crippen LogP contribution in [0.3, 0.4) is 0 Å². The number of ether oxygens (including phenoxy) is 1. The summed E-state index contributed by atoms with van der Waals surface area (Å²) >= 11 is 0. The van der Waals surface area contributed by atoms with Gasteiger partial charge in [0.15, 0.2) is 5.69 Å². The first-order chi connectivity index (χ1) is 16.8. The molecule has 0 unspecified atom stereocenters. The summed E-state index contributed by atoms with van der Waals surface area (Å²) in [6.07, 6.45) is 5.01. The van der Waals surface area contributed by atoms with Crippen LogP contribution in [0.1, 0.15) is 66.4 Å².